The molecule has 0 radical (unpaired) electrons. The van der Waals surface area contributed by atoms with Gasteiger partial charge in [0.05, 0.1) is 0 Å². The zero-order valence-corrected chi connectivity index (χ0v) is 16.5. The summed E-state index contributed by atoms with van der Waals surface area (Å²) < 4.78 is 5.88. The first-order chi connectivity index (χ1) is 14.1. The van der Waals surface area contributed by atoms with Crippen LogP contribution >= 0.6 is 0 Å². The first-order valence-electron chi connectivity index (χ1n) is 9.56. The highest BCUT2D eigenvalue weighted by atomic mass is 16.5. The van der Waals surface area contributed by atoms with E-state index in [0.717, 1.165) is 5.56 Å². The molecule has 0 spiro atoms. The molecule has 1 unspecified atom stereocenters. The SMILES string of the molecule is CCC(Oc1ccccc1C)C(=O)Nc1ccc(NC(=O)c2ccccc2)cc1. The van der Waals surface area contributed by atoms with Crippen LogP contribution < -0.4 is 15.4 Å². The Hall–Kier alpha value is -3.60. The molecule has 0 saturated carbocycles. The van der Waals surface area contributed by atoms with E-state index in [-0.39, 0.29) is 11.8 Å². The number of hydrogen-bond acceptors (Lipinski definition) is 3. The van der Waals surface area contributed by atoms with Crippen molar-refractivity contribution in [1.29, 1.82) is 0 Å². The van der Waals surface area contributed by atoms with E-state index in [4.69, 9.17) is 4.74 Å². The van der Waals surface area contributed by atoms with Gasteiger partial charge in [0.2, 0.25) is 0 Å². The fourth-order valence-electron chi connectivity index (χ4n) is 2.82. The number of ether oxygens (including phenoxy) is 1. The van der Waals surface area contributed by atoms with Crippen LogP contribution in [0.15, 0.2) is 78.9 Å². The van der Waals surface area contributed by atoms with E-state index in [1.165, 1.54) is 0 Å². The molecule has 5 nitrogen and oxygen atoms in total. The van der Waals surface area contributed by atoms with Crippen molar-refractivity contribution in [2.24, 2.45) is 0 Å². The van der Waals surface area contributed by atoms with E-state index in [0.29, 0.717) is 29.1 Å². The highest BCUT2D eigenvalue weighted by molar-refractivity contribution is 6.04. The van der Waals surface area contributed by atoms with Gasteiger partial charge < -0.3 is 15.4 Å². The van der Waals surface area contributed by atoms with Crippen molar-refractivity contribution in [3.8, 4) is 5.75 Å². The first-order valence-corrected chi connectivity index (χ1v) is 9.56. The second-order valence-electron chi connectivity index (χ2n) is 6.67. The normalized spacial score (nSPS) is 11.4. The van der Waals surface area contributed by atoms with Crippen LogP contribution in [0.2, 0.25) is 0 Å². The fraction of sp³-hybridized carbons (Fsp3) is 0.167. The van der Waals surface area contributed by atoms with Crippen molar-refractivity contribution < 1.29 is 14.3 Å². The minimum Gasteiger partial charge on any atom is -0.480 e. The molecule has 2 amide bonds. The van der Waals surface area contributed by atoms with Crippen molar-refractivity contribution in [2.45, 2.75) is 26.4 Å². The molecule has 1 atom stereocenters. The summed E-state index contributed by atoms with van der Waals surface area (Å²) in [5, 5.41) is 5.70. The van der Waals surface area contributed by atoms with Gasteiger partial charge in [-0.05, 0) is 61.4 Å². The predicted molar refractivity (Wildman–Crippen MR) is 115 cm³/mol. The van der Waals surface area contributed by atoms with Crippen LogP contribution in [0.4, 0.5) is 11.4 Å². The monoisotopic (exact) mass is 388 g/mol. The summed E-state index contributed by atoms with van der Waals surface area (Å²) in [7, 11) is 0. The number of amides is 2. The Labute approximate surface area is 170 Å². The van der Waals surface area contributed by atoms with Crippen molar-refractivity contribution >= 4 is 23.2 Å². The van der Waals surface area contributed by atoms with Gasteiger partial charge in [-0.2, -0.15) is 0 Å². The van der Waals surface area contributed by atoms with Crippen LogP contribution in [0.1, 0.15) is 29.3 Å². The van der Waals surface area contributed by atoms with Crippen LogP contribution in [0.3, 0.4) is 0 Å². The molecule has 0 aliphatic carbocycles. The molecule has 2 N–H and O–H groups in total. The van der Waals surface area contributed by atoms with Gasteiger partial charge in [-0.15, -0.1) is 0 Å². The molecule has 0 saturated heterocycles. The smallest absolute Gasteiger partial charge is 0.265 e. The number of rotatable bonds is 7. The van der Waals surface area contributed by atoms with Crippen LogP contribution in [0.25, 0.3) is 0 Å². The topological polar surface area (TPSA) is 67.4 Å². The molecule has 0 aliphatic heterocycles. The number of carbonyl (C=O) groups excluding carboxylic acids is 2. The van der Waals surface area contributed by atoms with Gasteiger partial charge in [0.25, 0.3) is 11.8 Å². The highest BCUT2D eigenvalue weighted by Crippen LogP contribution is 2.20. The first kappa shape index (κ1) is 20.1. The summed E-state index contributed by atoms with van der Waals surface area (Å²) in [6.07, 6.45) is -0.0423. The van der Waals surface area contributed by atoms with Gasteiger partial charge in [0.15, 0.2) is 6.10 Å². The molecule has 3 aromatic rings. The minimum atomic E-state index is -0.589. The summed E-state index contributed by atoms with van der Waals surface area (Å²) >= 11 is 0. The Kier molecular flexibility index (Phi) is 6.63. The van der Waals surface area contributed by atoms with E-state index in [1.54, 1.807) is 36.4 Å². The van der Waals surface area contributed by atoms with Crippen LogP contribution in [-0.4, -0.2) is 17.9 Å². The quantitative estimate of drug-likeness (QED) is 0.596. The minimum absolute atomic E-state index is 0.180. The van der Waals surface area contributed by atoms with E-state index in [2.05, 4.69) is 10.6 Å². The molecule has 0 aromatic heterocycles. The maximum atomic E-state index is 12.6. The molecular weight excluding hydrogens is 364 g/mol. The molecule has 5 heteroatoms. The third kappa shape index (κ3) is 5.45. The van der Waals surface area contributed by atoms with Crippen LogP contribution in [0, 0.1) is 6.92 Å². The lowest BCUT2D eigenvalue weighted by Gasteiger charge is -2.18. The van der Waals surface area contributed by atoms with Gasteiger partial charge in [-0.3, -0.25) is 9.59 Å². The zero-order valence-electron chi connectivity index (χ0n) is 16.5. The highest BCUT2D eigenvalue weighted by Gasteiger charge is 2.19. The van der Waals surface area contributed by atoms with E-state index in [9.17, 15) is 9.59 Å². The molecular formula is C24H24N2O3. The standard InChI is InChI=1S/C24H24N2O3/c1-3-21(29-22-12-8-7-9-17(22)2)24(28)26-20-15-13-19(14-16-20)25-23(27)18-10-5-4-6-11-18/h4-16,21H,3H2,1-2H3,(H,25,27)(H,26,28). The summed E-state index contributed by atoms with van der Waals surface area (Å²) in [6, 6.07) is 23.6. The maximum Gasteiger partial charge on any atom is 0.265 e. The van der Waals surface area contributed by atoms with Gasteiger partial charge in [-0.1, -0.05) is 43.3 Å². The number of aryl methyl sites for hydroxylation is 1. The molecule has 0 fully saturated rings. The Balaban J connectivity index is 1.60. The van der Waals surface area contributed by atoms with Gasteiger partial charge in [0, 0.05) is 16.9 Å². The number of carbonyl (C=O) groups is 2. The van der Waals surface area contributed by atoms with E-state index in [1.807, 2.05) is 56.3 Å². The maximum absolute atomic E-state index is 12.6. The zero-order chi connectivity index (χ0) is 20.6. The summed E-state index contributed by atoms with van der Waals surface area (Å²) in [5.74, 6) is 0.311. The molecule has 148 valence electrons. The number of hydrogen-bond donors (Lipinski definition) is 2. The molecule has 3 aromatic carbocycles. The molecule has 3 rings (SSSR count). The van der Waals surface area contributed by atoms with E-state index < -0.39 is 6.10 Å². The lowest BCUT2D eigenvalue weighted by Crippen LogP contribution is -2.32. The Morgan fingerprint density at radius 3 is 2.03 bits per heavy atom. The van der Waals surface area contributed by atoms with Crippen molar-refractivity contribution in [1.82, 2.24) is 0 Å². The number of para-hydroxylation sites is 1. The van der Waals surface area contributed by atoms with Gasteiger partial charge in [-0.25, -0.2) is 0 Å². The Bertz CT molecular complexity index is 969. The summed E-state index contributed by atoms with van der Waals surface area (Å²) in [5.41, 5.74) is 2.86. The molecule has 0 aliphatic rings. The average Bonchev–Trinajstić information content (AvgIpc) is 2.75. The molecule has 0 heterocycles. The average molecular weight is 388 g/mol. The second-order valence-corrected chi connectivity index (χ2v) is 6.67. The predicted octanol–water partition coefficient (Wildman–Crippen LogP) is 5.04. The second kappa shape index (κ2) is 9.55. The molecule has 29 heavy (non-hydrogen) atoms. The van der Waals surface area contributed by atoms with Gasteiger partial charge in [0.1, 0.15) is 5.75 Å². The largest absolute Gasteiger partial charge is 0.480 e. The van der Waals surface area contributed by atoms with E-state index >= 15 is 0 Å². The van der Waals surface area contributed by atoms with Crippen molar-refractivity contribution in [2.75, 3.05) is 10.6 Å². The summed E-state index contributed by atoms with van der Waals surface area (Å²) in [4.78, 5) is 24.8. The third-order valence-corrected chi connectivity index (χ3v) is 4.47. The van der Waals surface area contributed by atoms with Crippen molar-refractivity contribution in [3.63, 3.8) is 0 Å². The van der Waals surface area contributed by atoms with Gasteiger partial charge >= 0.3 is 0 Å². The lowest BCUT2D eigenvalue weighted by molar-refractivity contribution is -0.122. The Morgan fingerprint density at radius 1 is 0.828 bits per heavy atom. The fourth-order valence-corrected chi connectivity index (χ4v) is 2.82. The Morgan fingerprint density at radius 2 is 1.41 bits per heavy atom. The number of nitrogens with one attached hydrogen (secondary N) is 2. The van der Waals surface area contributed by atoms with Crippen molar-refractivity contribution in [3.05, 3.63) is 90.0 Å². The molecule has 0 bridgehead atoms. The van der Waals surface area contributed by atoms with Crippen LogP contribution in [0.5, 0.6) is 5.75 Å². The summed E-state index contributed by atoms with van der Waals surface area (Å²) in [6.45, 7) is 3.85. The van der Waals surface area contributed by atoms with Crippen LogP contribution in [-0.2, 0) is 4.79 Å². The third-order valence-electron chi connectivity index (χ3n) is 4.47. The number of benzene rings is 3. The lowest BCUT2D eigenvalue weighted by atomic mass is 10.2. The number of anilines is 2.